The number of anilines is 2. The summed E-state index contributed by atoms with van der Waals surface area (Å²) >= 11 is 6.21. The van der Waals surface area contributed by atoms with Crippen LogP contribution < -0.4 is 10.2 Å². The number of hydrogen-bond donors (Lipinski definition) is 1. The predicted octanol–water partition coefficient (Wildman–Crippen LogP) is 3.54. The predicted molar refractivity (Wildman–Crippen MR) is 123 cm³/mol. The van der Waals surface area contributed by atoms with Crippen LogP contribution in [0, 0.1) is 0 Å². The van der Waals surface area contributed by atoms with Gasteiger partial charge in [-0.15, -0.1) is 0 Å². The number of benzene rings is 2. The Morgan fingerprint density at radius 3 is 2.36 bits per heavy atom. The zero-order chi connectivity index (χ0) is 23.5. The summed E-state index contributed by atoms with van der Waals surface area (Å²) < 4.78 is 4.70. The van der Waals surface area contributed by atoms with Crippen molar-refractivity contribution < 1.29 is 23.9 Å². The van der Waals surface area contributed by atoms with Gasteiger partial charge in [0.1, 0.15) is 10.7 Å². The second kappa shape index (κ2) is 9.46. The van der Waals surface area contributed by atoms with Gasteiger partial charge < -0.3 is 15.0 Å². The highest BCUT2D eigenvalue weighted by atomic mass is 35.5. The van der Waals surface area contributed by atoms with Gasteiger partial charge in [0.05, 0.1) is 18.4 Å². The van der Waals surface area contributed by atoms with Crippen molar-refractivity contribution in [2.45, 2.75) is 19.3 Å². The lowest BCUT2D eigenvalue weighted by molar-refractivity contribution is -0.120. The maximum Gasteiger partial charge on any atom is 0.337 e. The Balaban J connectivity index is 1.56. The minimum atomic E-state index is -0.716. The molecule has 2 aromatic rings. The van der Waals surface area contributed by atoms with E-state index in [9.17, 15) is 19.2 Å². The van der Waals surface area contributed by atoms with Gasteiger partial charge in [-0.2, -0.15) is 0 Å². The number of halogens is 1. The summed E-state index contributed by atoms with van der Waals surface area (Å²) in [5.74, 6) is -2.05. The highest BCUT2D eigenvalue weighted by molar-refractivity contribution is 6.53. The molecule has 0 spiro atoms. The number of rotatable bonds is 5. The standard InChI is InChI=1S/C24H22ClN3O5/c1-33-24(32)16-8-6-10-18(14-16)28-22(30)19(25)20(23(28)31)26-17-9-5-7-15(13-17)21(29)27-11-3-2-4-12-27/h5-10,13-14,26H,2-4,11-12H2,1H3. The van der Waals surface area contributed by atoms with Crippen molar-refractivity contribution >= 4 is 46.7 Å². The Morgan fingerprint density at radius 1 is 0.939 bits per heavy atom. The molecular weight excluding hydrogens is 446 g/mol. The molecule has 2 aromatic carbocycles. The summed E-state index contributed by atoms with van der Waals surface area (Å²) in [7, 11) is 1.24. The molecule has 2 aliphatic rings. The third-order valence-electron chi connectivity index (χ3n) is 5.57. The summed E-state index contributed by atoms with van der Waals surface area (Å²) in [5, 5.41) is 2.61. The monoisotopic (exact) mass is 467 g/mol. The van der Waals surface area contributed by atoms with Crippen LogP contribution in [0.4, 0.5) is 11.4 Å². The van der Waals surface area contributed by atoms with Gasteiger partial charge in [-0.3, -0.25) is 14.4 Å². The zero-order valence-electron chi connectivity index (χ0n) is 18.0. The number of likely N-dealkylation sites (tertiary alicyclic amines) is 1. The van der Waals surface area contributed by atoms with Gasteiger partial charge in [-0.05, 0) is 55.7 Å². The fraction of sp³-hybridized carbons (Fsp3) is 0.250. The van der Waals surface area contributed by atoms with Gasteiger partial charge in [-0.25, -0.2) is 9.69 Å². The van der Waals surface area contributed by atoms with E-state index >= 15 is 0 Å². The van der Waals surface area contributed by atoms with Crippen molar-refractivity contribution in [3.63, 3.8) is 0 Å². The maximum atomic E-state index is 13.1. The Labute approximate surface area is 195 Å². The van der Waals surface area contributed by atoms with E-state index in [0.29, 0.717) is 11.3 Å². The molecule has 0 aliphatic carbocycles. The number of amides is 3. The van der Waals surface area contributed by atoms with Gasteiger partial charge in [0, 0.05) is 24.3 Å². The van der Waals surface area contributed by atoms with E-state index in [0.717, 1.165) is 37.3 Å². The molecule has 0 bridgehead atoms. The minimum Gasteiger partial charge on any atom is -0.465 e. The van der Waals surface area contributed by atoms with E-state index in [1.807, 2.05) is 4.90 Å². The molecule has 0 atom stereocenters. The third kappa shape index (κ3) is 4.47. The van der Waals surface area contributed by atoms with E-state index < -0.39 is 17.8 Å². The summed E-state index contributed by atoms with van der Waals surface area (Å²) in [6.45, 7) is 1.44. The molecule has 170 valence electrons. The molecule has 0 aromatic heterocycles. The highest BCUT2D eigenvalue weighted by Crippen LogP contribution is 2.31. The summed E-state index contributed by atoms with van der Waals surface area (Å²) in [6, 6.07) is 12.7. The first-order chi connectivity index (χ1) is 15.9. The van der Waals surface area contributed by atoms with Crippen LogP contribution in [-0.2, 0) is 14.3 Å². The number of methoxy groups -OCH3 is 1. The zero-order valence-corrected chi connectivity index (χ0v) is 18.7. The van der Waals surface area contributed by atoms with E-state index in [1.165, 1.54) is 31.4 Å². The number of ether oxygens (including phenoxy) is 1. The molecule has 8 nitrogen and oxygen atoms in total. The van der Waals surface area contributed by atoms with Crippen molar-refractivity contribution in [1.29, 1.82) is 0 Å². The Morgan fingerprint density at radius 2 is 1.64 bits per heavy atom. The van der Waals surface area contributed by atoms with Crippen LogP contribution in [0.25, 0.3) is 0 Å². The normalized spacial score (nSPS) is 16.3. The molecule has 3 amide bonds. The smallest absolute Gasteiger partial charge is 0.337 e. The molecule has 2 aliphatic heterocycles. The lowest BCUT2D eigenvalue weighted by atomic mass is 10.1. The van der Waals surface area contributed by atoms with Gasteiger partial charge in [-0.1, -0.05) is 23.7 Å². The van der Waals surface area contributed by atoms with Crippen molar-refractivity contribution in [2.75, 3.05) is 30.4 Å². The van der Waals surface area contributed by atoms with E-state index in [1.54, 1.807) is 24.3 Å². The fourth-order valence-corrected chi connectivity index (χ4v) is 4.10. The van der Waals surface area contributed by atoms with Crippen LogP contribution in [0.1, 0.15) is 40.0 Å². The Hall–Kier alpha value is -3.65. The quantitative estimate of drug-likeness (QED) is 0.533. The van der Waals surface area contributed by atoms with Gasteiger partial charge in [0.15, 0.2) is 0 Å². The van der Waals surface area contributed by atoms with Crippen LogP contribution in [-0.4, -0.2) is 48.8 Å². The summed E-state index contributed by atoms with van der Waals surface area (Å²) in [5.41, 5.74) is 1.22. The van der Waals surface area contributed by atoms with Crippen LogP contribution in [0.15, 0.2) is 59.3 Å². The molecule has 0 radical (unpaired) electrons. The van der Waals surface area contributed by atoms with E-state index in [4.69, 9.17) is 16.3 Å². The second-order valence-corrected chi connectivity index (χ2v) is 8.11. The van der Waals surface area contributed by atoms with Gasteiger partial charge in [0.25, 0.3) is 17.7 Å². The Bertz CT molecular complexity index is 1170. The number of carbonyl (C=O) groups is 4. The van der Waals surface area contributed by atoms with Crippen molar-refractivity contribution in [2.24, 2.45) is 0 Å². The van der Waals surface area contributed by atoms with Crippen LogP contribution >= 0.6 is 11.6 Å². The van der Waals surface area contributed by atoms with Crippen LogP contribution in [0.5, 0.6) is 0 Å². The molecule has 1 saturated heterocycles. The Kier molecular flexibility index (Phi) is 6.46. The molecule has 0 saturated carbocycles. The first kappa shape index (κ1) is 22.5. The molecule has 4 rings (SSSR count). The number of nitrogens with zero attached hydrogens (tertiary/aromatic N) is 2. The number of carbonyl (C=O) groups excluding carboxylic acids is 4. The maximum absolute atomic E-state index is 13.1. The molecule has 2 heterocycles. The van der Waals surface area contributed by atoms with E-state index in [-0.39, 0.29) is 27.9 Å². The summed E-state index contributed by atoms with van der Waals surface area (Å²) in [6.07, 6.45) is 3.08. The SMILES string of the molecule is COC(=O)c1cccc(N2C(=O)C(Cl)=C(Nc3cccc(C(=O)N4CCCCC4)c3)C2=O)c1. The number of esters is 1. The fourth-order valence-electron chi connectivity index (χ4n) is 3.89. The van der Waals surface area contributed by atoms with E-state index in [2.05, 4.69) is 5.32 Å². The summed E-state index contributed by atoms with van der Waals surface area (Å²) in [4.78, 5) is 53.1. The third-order valence-corrected chi connectivity index (χ3v) is 5.93. The topological polar surface area (TPSA) is 96.0 Å². The average molecular weight is 468 g/mol. The molecule has 0 unspecified atom stereocenters. The molecule has 1 fully saturated rings. The van der Waals surface area contributed by atoms with Crippen LogP contribution in [0.3, 0.4) is 0 Å². The molecule has 9 heteroatoms. The molecular formula is C24H22ClN3O5. The van der Waals surface area contributed by atoms with Crippen molar-refractivity contribution in [1.82, 2.24) is 4.90 Å². The van der Waals surface area contributed by atoms with Crippen molar-refractivity contribution in [3.8, 4) is 0 Å². The van der Waals surface area contributed by atoms with Gasteiger partial charge >= 0.3 is 5.97 Å². The number of hydrogen-bond acceptors (Lipinski definition) is 6. The first-order valence-electron chi connectivity index (χ1n) is 10.5. The number of piperidine rings is 1. The lowest BCUT2D eigenvalue weighted by Crippen LogP contribution is -2.35. The molecule has 1 N–H and O–H groups in total. The highest BCUT2D eigenvalue weighted by Gasteiger charge is 2.39. The average Bonchev–Trinajstić information content (AvgIpc) is 3.06. The first-order valence-corrected chi connectivity index (χ1v) is 10.9. The number of nitrogens with one attached hydrogen (secondary N) is 1. The lowest BCUT2D eigenvalue weighted by Gasteiger charge is -2.26. The van der Waals surface area contributed by atoms with Gasteiger partial charge in [0.2, 0.25) is 0 Å². The largest absolute Gasteiger partial charge is 0.465 e. The minimum absolute atomic E-state index is 0.0755. The van der Waals surface area contributed by atoms with Crippen molar-refractivity contribution in [3.05, 3.63) is 70.4 Å². The molecule has 33 heavy (non-hydrogen) atoms. The van der Waals surface area contributed by atoms with Crippen LogP contribution in [0.2, 0.25) is 0 Å². The second-order valence-electron chi connectivity index (χ2n) is 7.74. The number of imide groups is 1.